The van der Waals surface area contributed by atoms with Gasteiger partial charge in [0, 0.05) is 42.4 Å². The molecule has 2 aromatic heterocycles. The molecule has 1 aliphatic heterocycles. The number of fused-ring (bicyclic) bond motifs is 1. The molecular weight excluding hydrogens is 304 g/mol. The second-order valence-electron chi connectivity index (χ2n) is 6.09. The summed E-state index contributed by atoms with van der Waals surface area (Å²) < 4.78 is 5.37. The molecule has 0 aliphatic carbocycles. The lowest BCUT2D eigenvalue weighted by atomic mass is 10.1. The van der Waals surface area contributed by atoms with Crippen molar-refractivity contribution in [3.05, 3.63) is 42.1 Å². The minimum atomic E-state index is 0.115. The van der Waals surface area contributed by atoms with Crippen LogP contribution in [0.3, 0.4) is 0 Å². The van der Waals surface area contributed by atoms with Crippen molar-refractivity contribution in [1.82, 2.24) is 14.9 Å². The summed E-state index contributed by atoms with van der Waals surface area (Å²) in [5.41, 5.74) is 9.95. The van der Waals surface area contributed by atoms with Gasteiger partial charge in [-0.2, -0.15) is 0 Å². The van der Waals surface area contributed by atoms with E-state index in [1.165, 1.54) is 0 Å². The van der Waals surface area contributed by atoms with Crippen LogP contribution in [0, 0.1) is 0 Å². The topological polar surface area (TPSA) is 87.4 Å². The van der Waals surface area contributed by atoms with Gasteiger partial charge in [0.1, 0.15) is 0 Å². The van der Waals surface area contributed by atoms with Crippen molar-refractivity contribution in [2.75, 3.05) is 32.0 Å². The Hall–Kier alpha value is -2.57. The number of nitrogens with one attached hydrogen (secondary N) is 1. The number of anilines is 1. The van der Waals surface area contributed by atoms with Crippen LogP contribution in [-0.2, 0) is 11.3 Å². The largest absolute Gasteiger partial charge is 0.494 e. The second kappa shape index (κ2) is 6.14. The lowest BCUT2D eigenvalue weighted by molar-refractivity contribution is 0.0341. The number of nitrogens with zero attached hydrogens (tertiary/aromatic N) is 2. The molecule has 3 aromatic rings. The fraction of sp³-hybridized carbons (Fsp3) is 0.278. The van der Waals surface area contributed by atoms with Crippen molar-refractivity contribution in [3.8, 4) is 17.1 Å². The normalized spacial score (nSPS) is 15.8. The Kier molecular flexibility index (Phi) is 3.84. The summed E-state index contributed by atoms with van der Waals surface area (Å²) in [6.07, 6.45) is 1.87. The lowest BCUT2D eigenvalue weighted by Gasteiger charge is -2.26. The predicted molar refractivity (Wildman–Crippen MR) is 93.7 cm³/mol. The number of hydrogen-bond donors (Lipinski definition) is 3. The van der Waals surface area contributed by atoms with Gasteiger partial charge in [-0.1, -0.05) is 6.07 Å². The average Bonchev–Trinajstić information content (AvgIpc) is 2.92. The van der Waals surface area contributed by atoms with Gasteiger partial charge in [-0.05, 0) is 29.8 Å². The first-order valence-electron chi connectivity index (χ1n) is 8.06. The zero-order valence-electron chi connectivity index (χ0n) is 13.3. The number of benzene rings is 1. The molecule has 1 aromatic carbocycles. The fourth-order valence-electron chi connectivity index (χ4n) is 3.14. The third-order valence-corrected chi connectivity index (χ3v) is 4.39. The average molecular weight is 324 g/mol. The van der Waals surface area contributed by atoms with Gasteiger partial charge in [0.25, 0.3) is 0 Å². The van der Waals surface area contributed by atoms with E-state index in [1.54, 1.807) is 6.07 Å². The molecule has 0 spiro atoms. The van der Waals surface area contributed by atoms with Crippen LogP contribution in [0.1, 0.15) is 5.56 Å². The molecule has 124 valence electrons. The van der Waals surface area contributed by atoms with Crippen molar-refractivity contribution in [1.29, 1.82) is 0 Å². The van der Waals surface area contributed by atoms with Crippen LogP contribution in [0.15, 0.2) is 36.5 Å². The quantitative estimate of drug-likeness (QED) is 0.644. The number of rotatable bonds is 3. The van der Waals surface area contributed by atoms with Gasteiger partial charge < -0.3 is 20.6 Å². The van der Waals surface area contributed by atoms with Crippen LogP contribution in [0.25, 0.3) is 22.2 Å². The molecular formula is C18H20N4O2. The second-order valence-corrected chi connectivity index (χ2v) is 6.09. The molecule has 0 saturated carbocycles. The Bertz CT molecular complexity index is 851. The molecule has 0 bridgehead atoms. The van der Waals surface area contributed by atoms with Crippen molar-refractivity contribution in [2.24, 2.45) is 0 Å². The number of morpholine rings is 1. The maximum atomic E-state index is 10.3. The lowest BCUT2D eigenvalue weighted by Crippen LogP contribution is -2.35. The summed E-state index contributed by atoms with van der Waals surface area (Å²) in [4.78, 5) is 9.87. The van der Waals surface area contributed by atoms with E-state index in [0.29, 0.717) is 11.3 Å². The summed E-state index contributed by atoms with van der Waals surface area (Å²) >= 11 is 0. The molecule has 0 atom stereocenters. The third-order valence-electron chi connectivity index (χ3n) is 4.39. The van der Waals surface area contributed by atoms with Crippen LogP contribution >= 0.6 is 0 Å². The van der Waals surface area contributed by atoms with Crippen LogP contribution in [0.2, 0.25) is 0 Å². The van der Waals surface area contributed by atoms with Gasteiger partial charge in [0.2, 0.25) is 0 Å². The van der Waals surface area contributed by atoms with E-state index in [-0.39, 0.29) is 5.88 Å². The van der Waals surface area contributed by atoms with Crippen LogP contribution in [0.5, 0.6) is 5.88 Å². The number of H-pyrrole nitrogens is 1. The van der Waals surface area contributed by atoms with Gasteiger partial charge in [0.15, 0.2) is 5.88 Å². The fourth-order valence-corrected chi connectivity index (χ4v) is 3.14. The zero-order valence-corrected chi connectivity index (χ0v) is 13.3. The maximum absolute atomic E-state index is 10.3. The third kappa shape index (κ3) is 2.81. The van der Waals surface area contributed by atoms with Gasteiger partial charge in [-0.3, -0.25) is 9.88 Å². The van der Waals surface area contributed by atoms with Crippen LogP contribution in [0.4, 0.5) is 5.69 Å². The first kappa shape index (κ1) is 15.0. The molecule has 6 nitrogen and oxygen atoms in total. The molecule has 1 saturated heterocycles. The van der Waals surface area contributed by atoms with E-state index < -0.39 is 0 Å². The Morgan fingerprint density at radius 3 is 2.79 bits per heavy atom. The van der Waals surface area contributed by atoms with Gasteiger partial charge in [-0.25, -0.2) is 0 Å². The summed E-state index contributed by atoms with van der Waals surface area (Å²) in [5, 5.41) is 11.1. The highest BCUT2D eigenvalue weighted by Crippen LogP contribution is 2.36. The molecule has 6 heteroatoms. The number of pyridine rings is 1. The number of ether oxygens (including phenoxy) is 1. The van der Waals surface area contributed by atoms with Crippen molar-refractivity contribution >= 4 is 16.6 Å². The SMILES string of the molecule is Nc1ccc2[nH]c(O)c(-c3ccc(CN4CCOCC4)cn3)c2c1. The number of aromatic hydroxyl groups is 1. The highest BCUT2D eigenvalue weighted by molar-refractivity contribution is 5.99. The van der Waals surface area contributed by atoms with Gasteiger partial charge in [-0.15, -0.1) is 0 Å². The Morgan fingerprint density at radius 1 is 1.21 bits per heavy atom. The molecule has 3 heterocycles. The molecule has 0 unspecified atom stereocenters. The molecule has 0 amide bonds. The minimum Gasteiger partial charge on any atom is -0.494 e. The summed E-state index contributed by atoms with van der Waals surface area (Å²) in [7, 11) is 0. The van der Waals surface area contributed by atoms with Crippen molar-refractivity contribution in [2.45, 2.75) is 6.54 Å². The van der Waals surface area contributed by atoms with Crippen molar-refractivity contribution in [3.63, 3.8) is 0 Å². The number of aromatic amines is 1. The Morgan fingerprint density at radius 2 is 2.04 bits per heavy atom. The van der Waals surface area contributed by atoms with Crippen LogP contribution in [-0.4, -0.2) is 46.3 Å². The number of aromatic nitrogens is 2. The molecule has 4 N–H and O–H groups in total. The Labute approximate surface area is 139 Å². The molecule has 4 rings (SSSR count). The predicted octanol–water partition coefficient (Wildman–Crippen LogP) is 2.35. The number of nitrogens with two attached hydrogens (primary N) is 1. The maximum Gasteiger partial charge on any atom is 0.199 e. The van der Waals surface area contributed by atoms with E-state index in [1.807, 2.05) is 24.4 Å². The monoisotopic (exact) mass is 324 g/mol. The van der Waals surface area contributed by atoms with Gasteiger partial charge >= 0.3 is 0 Å². The van der Waals surface area contributed by atoms with Crippen molar-refractivity contribution < 1.29 is 9.84 Å². The zero-order chi connectivity index (χ0) is 16.5. The highest BCUT2D eigenvalue weighted by atomic mass is 16.5. The Balaban J connectivity index is 1.63. The van der Waals surface area contributed by atoms with E-state index in [0.717, 1.165) is 55.0 Å². The smallest absolute Gasteiger partial charge is 0.199 e. The standard InChI is InChI=1S/C18H20N4O2/c19-13-2-4-15-14(9-13)17(18(23)21-15)16-3-1-12(10-20-16)11-22-5-7-24-8-6-22/h1-4,9-10,21,23H,5-8,11,19H2. The summed E-state index contributed by atoms with van der Waals surface area (Å²) in [6, 6.07) is 9.52. The molecule has 1 fully saturated rings. The summed E-state index contributed by atoms with van der Waals surface area (Å²) in [5.74, 6) is 0.115. The minimum absolute atomic E-state index is 0.115. The number of nitrogen functional groups attached to an aromatic ring is 1. The van der Waals surface area contributed by atoms with Crippen LogP contribution < -0.4 is 5.73 Å². The highest BCUT2D eigenvalue weighted by Gasteiger charge is 2.15. The number of hydrogen-bond acceptors (Lipinski definition) is 5. The van der Waals surface area contributed by atoms with E-state index in [2.05, 4.69) is 20.9 Å². The van der Waals surface area contributed by atoms with Gasteiger partial charge in [0.05, 0.1) is 24.5 Å². The first-order valence-corrected chi connectivity index (χ1v) is 8.06. The molecule has 0 radical (unpaired) electrons. The first-order chi connectivity index (χ1) is 11.7. The molecule has 1 aliphatic rings. The van der Waals surface area contributed by atoms with E-state index >= 15 is 0 Å². The van der Waals surface area contributed by atoms with E-state index in [4.69, 9.17) is 10.5 Å². The van der Waals surface area contributed by atoms with E-state index in [9.17, 15) is 5.11 Å². The summed E-state index contributed by atoms with van der Waals surface area (Å²) in [6.45, 7) is 4.34. The molecule has 24 heavy (non-hydrogen) atoms.